The van der Waals surface area contributed by atoms with Crippen LogP contribution in [0.3, 0.4) is 0 Å². The zero-order valence-corrected chi connectivity index (χ0v) is 20.0. The molecule has 4 rings (SSSR count). The summed E-state index contributed by atoms with van der Waals surface area (Å²) in [6.45, 7) is 9.84. The van der Waals surface area contributed by atoms with Crippen molar-refractivity contribution in [2.45, 2.75) is 51.8 Å². The first-order chi connectivity index (χ1) is 15.0. The van der Waals surface area contributed by atoms with Crippen LogP contribution in [0.5, 0.6) is 5.75 Å². The molecule has 0 amide bonds. The molecule has 0 spiro atoms. The van der Waals surface area contributed by atoms with E-state index >= 15 is 0 Å². The predicted octanol–water partition coefficient (Wildman–Crippen LogP) is 6.80. The van der Waals surface area contributed by atoms with Crippen molar-refractivity contribution >= 4 is 19.6 Å². The highest BCUT2D eigenvalue weighted by atomic mass is 31.1. The lowest BCUT2D eigenvalue weighted by Gasteiger charge is -2.34. The van der Waals surface area contributed by atoms with Gasteiger partial charge in [-0.15, -0.1) is 0 Å². The fourth-order valence-electron chi connectivity index (χ4n) is 4.46. The van der Waals surface area contributed by atoms with E-state index < -0.39 is 0 Å². The summed E-state index contributed by atoms with van der Waals surface area (Å²) in [4.78, 5) is 2.59. The second kappa shape index (κ2) is 9.88. The molecule has 0 bridgehead atoms. The van der Waals surface area contributed by atoms with E-state index in [9.17, 15) is 0 Å². The Kier molecular flexibility index (Phi) is 6.98. The van der Waals surface area contributed by atoms with E-state index in [4.69, 9.17) is 4.74 Å². The third kappa shape index (κ3) is 5.31. The maximum atomic E-state index is 6.42. The molecular weight excluding hydrogens is 397 g/mol. The molecule has 1 fully saturated rings. The minimum atomic E-state index is -0.00999. The summed E-state index contributed by atoms with van der Waals surface area (Å²) in [6, 6.07) is 26.0. The normalized spacial score (nSPS) is 14.9. The van der Waals surface area contributed by atoms with Gasteiger partial charge in [-0.25, -0.2) is 0 Å². The quantitative estimate of drug-likeness (QED) is 0.381. The van der Waals surface area contributed by atoms with Crippen LogP contribution in [0.2, 0.25) is 0 Å². The average Bonchev–Trinajstić information content (AvgIpc) is 2.79. The maximum absolute atomic E-state index is 6.42. The van der Waals surface area contributed by atoms with E-state index in [2.05, 4.69) is 92.4 Å². The summed E-state index contributed by atoms with van der Waals surface area (Å²) in [5.41, 5.74) is 5.13. The number of hydrogen-bond acceptors (Lipinski definition) is 2. The van der Waals surface area contributed by atoms with Crippen molar-refractivity contribution in [3.8, 4) is 5.75 Å². The molecule has 3 heteroatoms. The van der Waals surface area contributed by atoms with E-state index in [0.29, 0.717) is 15.2 Å². The van der Waals surface area contributed by atoms with E-state index in [0.717, 1.165) is 5.75 Å². The van der Waals surface area contributed by atoms with Gasteiger partial charge in [-0.2, -0.15) is 0 Å². The van der Waals surface area contributed by atoms with Gasteiger partial charge in [-0.05, 0) is 48.7 Å². The van der Waals surface area contributed by atoms with Gasteiger partial charge >= 0.3 is 0 Å². The highest BCUT2D eigenvalue weighted by Gasteiger charge is 2.28. The Morgan fingerprint density at radius 3 is 2.32 bits per heavy atom. The van der Waals surface area contributed by atoms with Gasteiger partial charge in [0, 0.05) is 29.5 Å². The smallest absolute Gasteiger partial charge is 0.126 e. The number of rotatable bonds is 7. The molecular formula is C28H34NOP. The van der Waals surface area contributed by atoms with E-state index in [-0.39, 0.29) is 5.16 Å². The van der Waals surface area contributed by atoms with Crippen LogP contribution < -0.4 is 14.9 Å². The maximum Gasteiger partial charge on any atom is 0.126 e. The predicted molar refractivity (Wildman–Crippen MR) is 135 cm³/mol. The number of benzene rings is 3. The molecule has 0 N–H and O–H groups in total. The van der Waals surface area contributed by atoms with Gasteiger partial charge in [-0.3, -0.25) is 0 Å². The van der Waals surface area contributed by atoms with Gasteiger partial charge in [0.2, 0.25) is 0 Å². The van der Waals surface area contributed by atoms with E-state index in [1.807, 2.05) is 6.07 Å². The zero-order valence-electron chi connectivity index (χ0n) is 19.0. The molecule has 1 unspecified atom stereocenters. The molecule has 1 heterocycles. The lowest BCUT2D eigenvalue weighted by molar-refractivity contribution is 0.298. The highest BCUT2D eigenvalue weighted by molar-refractivity contribution is 7.49. The number of aryl methyl sites for hydroxylation is 1. The molecule has 1 atom stereocenters. The Morgan fingerprint density at radius 2 is 1.55 bits per heavy atom. The summed E-state index contributed by atoms with van der Waals surface area (Å²) >= 11 is 0. The highest BCUT2D eigenvalue weighted by Crippen LogP contribution is 2.46. The van der Waals surface area contributed by atoms with Crippen LogP contribution in [0, 0.1) is 6.92 Å². The monoisotopic (exact) mass is 431 g/mol. The molecule has 1 saturated heterocycles. The molecule has 31 heavy (non-hydrogen) atoms. The van der Waals surface area contributed by atoms with Crippen molar-refractivity contribution in [3.63, 3.8) is 0 Å². The van der Waals surface area contributed by atoms with Gasteiger partial charge in [0.1, 0.15) is 12.4 Å². The standard InChI is InChI=1S/C28H34NOP/c1-22-13-12-16-24(27(22)30-21-23-14-6-4-7-15-23)28(2,3)31-26-18-9-8-17-25(26)29-19-10-5-11-20-29/h4,6-9,12-18,31H,5,10-11,19-21H2,1-3H3. The van der Waals surface area contributed by atoms with Crippen molar-refractivity contribution in [2.75, 3.05) is 18.0 Å². The fraction of sp³-hybridized carbons (Fsp3) is 0.357. The number of ether oxygens (including phenoxy) is 1. The summed E-state index contributed by atoms with van der Waals surface area (Å²) in [5, 5.41) is 1.45. The van der Waals surface area contributed by atoms with Crippen LogP contribution in [0.15, 0.2) is 72.8 Å². The minimum absolute atomic E-state index is 0.00999. The number of anilines is 1. The van der Waals surface area contributed by atoms with Gasteiger partial charge in [0.05, 0.1) is 0 Å². The van der Waals surface area contributed by atoms with Gasteiger partial charge in [-0.1, -0.05) is 89.2 Å². The molecule has 1 aliphatic heterocycles. The van der Waals surface area contributed by atoms with Crippen molar-refractivity contribution in [1.82, 2.24) is 0 Å². The molecule has 0 radical (unpaired) electrons. The number of nitrogens with zero attached hydrogens (tertiary/aromatic N) is 1. The Morgan fingerprint density at radius 1 is 0.839 bits per heavy atom. The number of piperidine rings is 1. The lowest BCUT2D eigenvalue weighted by Crippen LogP contribution is -2.32. The first-order valence-corrected chi connectivity index (χ1v) is 12.4. The first-order valence-electron chi connectivity index (χ1n) is 11.4. The van der Waals surface area contributed by atoms with Crippen LogP contribution in [0.1, 0.15) is 49.8 Å². The summed E-state index contributed by atoms with van der Waals surface area (Å²) in [5.74, 6) is 1.04. The number of hydrogen-bond donors (Lipinski definition) is 0. The zero-order chi connectivity index (χ0) is 21.7. The molecule has 3 aromatic carbocycles. The summed E-state index contributed by atoms with van der Waals surface area (Å²) in [6.07, 6.45) is 3.96. The van der Waals surface area contributed by atoms with Crippen LogP contribution in [0.4, 0.5) is 5.69 Å². The van der Waals surface area contributed by atoms with Crippen molar-refractivity contribution in [1.29, 1.82) is 0 Å². The van der Waals surface area contributed by atoms with E-state index in [1.54, 1.807) is 0 Å². The van der Waals surface area contributed by atoms with Crippen LogP contribution >= 0.6 is 8.58 Å². The third-order valence-electron chi connectivity index (χ3n) is 6.16. The van der Waals surface area contributed by atoms with Crippen molar-refractivity contribution < 1.29 is 4.74 Å². The third-order valence-corrected chi connectivity index (χ3v) is 7.75. The van der Waals surface area contributed by atoms with Gasteiger partial charge in [0.25, 0.3) is 0 Å². The molecule has 0 aromatic heterocycles. The second-order valence-electron chi connectivity index (χ2n) is 9.04. The van der Waals surface area contributed by atoms with E-state index in [1.165, 1.54) is 60.0 Å². The molecule has 0 saturated carbocycles. The SMILES string of the molecule is Cc1cccc(C(C)(C)Pc2ccccc2N2CCCCC2)c1OCc1ccccc1. The summed E-state index contributed by atoms with van der Waals surface area (Å²) < 4.78 is 6.42. The van der Waals surface area contributed by atoms with Crippen LogP contribution in [0.25, 0.3) is 0 Å². The molecule has 0 aliphatic carbocycles. The van der Waals surface area contributed by atoms with Crippen LogP contribution in [-0.4, -0.2) is 13.1 Å². The molecule has 3 aromatic rings. The van der Waals surface area contributed by atoms with Crippen molar-refractivity contribution in [3.05, 3.63) is 89.5 Å². The Bertz CT molecular complexity index is 993. The van der Waals surface area contributed by atoms with Gasteiger partial charge in [0.15, 0.2) is 0 Å². The van der Waals surface area contributed by atoms with Gasteiger partial charge < -0.3 is 9.64 Å². The summed E-state index contributed by atoms with van der Waals surface area (Å²) in [7, 11) is 0.674. The number of para-hydroxylation sites is 2. The average molecular weight is 432 g/mol. The molecule has 1 aliphatic rings. The van der Waals surface area contributed by atoms with Crippen molar-refractivity contribution in [2.24, 2.45) is 0 Å². The Labute approximate surface area is 189 Å². The molecule has 2 nitrogen and oxygen atoms in total. The second-order valence-corrected chi connectivity index (χ2v) is 11.1. The topological polar surface area (TPSA) is 12.5 Å². The Hall–Kier alpha value is -2.31. The minimum Gasteiger partial charge on any atom is -0.488 e. The van der Waals surface area contributed by atoms with Crippen LogP contribution in [-0.2, 0) is 11.8 Å². The fourth-order valence-corrected chi connectivity index (χ4v) is 6.01. The molecule has 162 valence electrons. The first kappa shape index (κ1) is 21.9. The largest absolute Gasteiger partial charge is 0.488 e. The lowest BCUT2D eigenvalue weighted by atomic mass is 9.98. The Balaban J connectivity index is 1.60.